The lowest BCUT2D eigenvalue weighted by molar-refractivity contribution is 0.0572. The predicted octanol–water partition coefficient (Wildman–Crippen LogP) is 0.817. The highest BCUT2D eigenvalue weighted by atomic mass is 32.2. The Labute approximate surface area is 111 Å². The fourth-order valence-electron chi connectivity index (χ4n) is 2.19. The molecule has 1 N–H and O–H groups in total. The van der Waals surface area contributed by atoms with Crippen molar-refractivity contribution in [2.24, 2.45) is 0 Å². The topological polar surface area (TPSA) is 58.6 Å². The van der Waals surface area contributed by atoms with Gasteiger partial charge in [0, 0.05) is 20.2 Å². The maximum Gasteiger partial charge on any atom is 0.214 e. The van der Waals surface area contributed by atoms with Crippen LogP contribution < -0.4 is 5.32 Å². The van der Waals surface area contributed by atoms with Crippen LogP contribution in [0.2, 0.25) is 0 Å². The average molecular weight is 278 g/mol. The number of sulfonamides is 1. The van der Waals surface area contributed by atoms with E-state index in [4.69, 9.17) is 4.74 Å². The van der Waals surface area contributed by atoms with Crippen molar-refractivity contribution < 1.29 is 13.2 Å². The quantitative estimate of drug-likeness (QED) is 0.668. The van der Waals surface area contributed by atoms with E-state index in [-0.39, 0.29) is 11.9 Å². The van der Waals surface area contributed by atoms with Crippen molar-refractivity contribution in [3.63, 3.8) is 0 Å². The Bertz CT molecular complexity index is 319. The molecule has 1 atom stereocenters. The van der Waals surface area contributed by atoms with Gasteiger partial charge in [-0.05, 0) is 38.8 Å². The van der Waals surface area contributed by atoms with Crippen LogP contribution in [0.15, 0.2) is 0 Å². The molecule has 1 rings (SSSR count). The lowest BCUT2D eigenvalue weighted by Gasteiger charge is -2.31. The summed E-state index contributed by atoms with van der Waals surface area (Å²) < 4.78 is 31.1. The molecule has 6 heteroatoms. The maximum absolute atomic E-state index is 12.1. The number of rotatable bonds is 8. The number of piperidine rings is 1. The molecule has 0 aromatic rings. The van der Waals surface area contributed by atoms with E-state index in [1.54, 1.807) is 11.4 Å². The van der Waals surface area contributed by atoms with Gasteiger partial charge in [0.1, 0.15) is 0 Å². The largest absolute Gasteiger partial charge is 0.380 e. The molecule has 0 aromatic heterocycles. The molecule has 0 saturated carbocycles. The molecule has 1 aliphatic heterocycles. The van der Waals surface area contributed by atoms with E-state index in [9.17, 15) is 8.42 Å². The molecule has 0 spiro atoms. The van der Waals surface area contributed by atoms with Gasteiger partial charge in [-0.3, -0.25) is 0 Å². The predicted molar refractivity (Wildman–Crippen MR) is 73.2 cm³/mol. The van der Waals surface area contributed by atoms with Crippen molar-refractivity contribution in [1.82, 2.24) is 9.62 Å². The van der Waals surface area contributed by atoms with Crippen molar-refractivity contribution in [3.8, 4) is 0 Å². The first-order valence-electron chi connectivity index (χ1n) is 6.81. The third kappa shape index (κ3) is 5.22. The molecule has 0 bridgehead atoms. The third-order valence-electron chi connectivity index (χ3n) is 3.32. The Kier molecular flexibility index (Phi) is 7.14. The minimum Gasteiger partial charge on any atom is -0.380 e. The highest BCUT2D eigenvalue weighted by molar-refractivity contribution is 7.89. The molecule has 0 radical (unpaired) electrons. The number of hydrogen-bond donors (Lipinski definition) is 1. The minimum absolute atomic E-state index is 0.0651. The molecule has 1 fully saturated rings. The van der Waals surface area contributed by atoms with E-state index in [1.165, 1.54) is 0 Å². The first-order valence-corrected chi connectivity index (χ1v) is 8.42. The summed E-state index contributed by atoms with van der Waals surface area (Å²) in [6.45, 7) is 5.05. The van der Waals surface area contributed by atoms with E-state index >= 15 is 0 Å². The van der Waals surface area contributed by atoms with Crippen LogP contribution >= 0.6 is 0 Å². The minimum atomic E-state index is -3.09. The van der Waals surface area contributed by atoms with Gasteiger partial charge in [0.25, 0.3) is 0 Å². The van der Waals surface area contributed by atoms with E-state index in [1.807, 2.05) is 0 Å². The van der Waals surface area contributed by atoms with Crippen LogP contribution in [0.4, 0.5) is 0 Å². The van der Waals surface area contributed by atoms with Gasteiger partial charge in [-0.1, -0.05) is 6.92 Å². The fourth-order valence-corrected chi connectivity index (χ4v) is 3.82. The second-order valence-electron chi connectivity index (χ2n) is 4.73. The average Bonchev–Trinajstić information content (AvgIpc) is 2.38. The van der Waals surface area contributed by atoms with E-state index in [2.05, 4.69) is 12.2 Å². The zero-order valence-corrected chi connectivity index (χ0v) is 12.3. The summed E-state index contributed by atoms with van der Waals surface area (Å²) in [5.41, 5.74) is 0. The summed E-state index contributed by atoms with van der Waals surface area (Å²) in [6.07, 6.45) is 3.56. The molecule has 108 valence electrons. The number of ether oxygens (including phenoxy) is 1. The molecule has 1 unspecified atom stereocenters. The first kappa shape index (κ1) is 15.9. The van der Waals surface area contributed by atoms with Gasteiger partial charge in [-0.25, -0.2) is 8.42 Å². The SMILES string of the molecule is CCNCCCCS(=O)(=O)N1CCCC(OC)C1. The summed E-state index contributed by atoms with van der Waals surface area (Å²) in [4.78, 5) is 0. The lowest BCUT2D eigenvalue weighted by atomic mass is 10.1. The first-order chi connectivity index (χ1) is 8.60. The molecule has 0 aliphatic carbocycles. The number of nitrogens with zero attached hydrogens (tertiary/aromatic N) is 1. The summed E-state index contributed by atoms with van der Waals surface area (Å²) in [5.74, 6) is 0.259. The van der Waals surface area contributed by atoms with Gasteiger partial charge in [-0.15, -0.1) is 0 Å². The van der Waals surface area contributed by atoms with Crippen LogP contribution in [-0.2, 0) is 14.8 Å². The normalized spacial score (nSPS) is 22.2. The van der Waals surface area contributed by atoms with Crippen LogP contribution in [-0.4, -0.2) is 57.9 Å². The Balaban J connectivity index is 2.33. The fraction of sp³-hybridized carbons (Fsp3) is 1.00. The summed E-state index contributed by atoms with van der Waals surface area (Å²) >= 11 is 0. The molecule has 0 amide bonds. The maximum atomic E-state index is 12.1. The Morgan fingerprint density at radius 3 is 2.83 bits per heavy atom. The van der Waals surface area contributed by atoms with Crippen LogP contribution in [0.3, 0.4) is 0 Å². The monoisotopic (exact) mass is 278 g/mol. The highest BCUT2D eigenvalue weighted by Crippen LogP contribution is 2.16. The standard InChI is InChI=1S/C12H26N2O3S/c1-3-13-8-4-5-10-18(15,16)14-9-6-7-12(11-14)17-2/h12-13H,3-11H2,1-2H3. The zero-order valence-electron chi connectivity index (χ0n) is 11.5. The van der Waals surface area contributed by atoms with Gasteiger partial charge >= 0.3 is 0 Å². The lowest BCUT2D eigenvalue weighted by Crippen LogP contribution is -2.43. The number of methoxy groups -OCH3 is 1. The molecule has 5 nitrogen and oxygen atoms in total. The molecule has 1 heterocycles. The van der Waals surface area contributed by atoms with Gasteiger partial charge in [0.05, 0.1) is 11.9 Å². The van der Waals surface area contributed by atoms with Gasteiger partial charge in [0.2, 0.25) is 10.0 Å². The van der Waals surface area contributed by atoms with Gasteiger partial charge in [0.15, 0.2) is 0 Å². The number of unbranched alkanes of at least 4 members (excludes halogenated alkanes) is 1. The highest BCUT2D eigenvalue weighted by Gasteiger charge is 2.28. The third-order valence-corrected chi connectivity index (χ3v) is 5.25. The second kappa shape index (κ2) is 8.09. The Hall–Kier alpha value is -0.170. The number of nitrogens with one attached hydrogen (secondary N) is 1. The molecule has 18 heavy (non-hydrogen) atoms. The van der Waals surface area contributed by atoms with E-state index in [0.29, 0.717) is 13.1 Å². The summed E-state index contributed by atoms with van der Waals surface area (Å²) in [6, 6.07) is 0. The van der Waals surface area contributed by atoms with Crippen molar-refractivity contribution in [2.45, 2.75) is 38.7 Å². The van der Waals surface area contributed by atoms with Crippen molar-refractivity contribution in [3.05, 3.63) is 0 Å². The van der Waals surface area contributed by atoms with E-state index < -0.39 is 10.0 Å². The number of hydrogen-bond acceptors (Lipinski definition) is 4. The van der Waals surface area contributed by atoms with Crippen LogP contribution in [0.25, 0.3) is 0 Å². The zero-order chi connectivity index (χ0) is 13.4. The molecule has 0 aromatic carbocycles. The van der Waals surface area contributed by atoms with Crippen molar-refractivity contribution in [1.29, 1.82) is 0 Å². The second-order valence-corrected chi connectivity index (χ2v) is 6.82. The molecule has 1 aliphatic rings. The Morgan fingerprint density at radius 1 is 1.39 bits per heavy atom. The van der Waals surface area contributed by atoms with E-state index in [0.717, 1.165) is 38.8 Å². The summed E-state index contributed by atoms with van der Waals surface area (Å²) in [7, 11) is -1.44. The van der Waals surface area contributed by atoms with Crippen molar-refractivity contribution >= 4 is 10.0 Å². The van der Waals surface area contributed by atoms with Crippen LogP contribution in [0.1, 0.15) is 32.6 Å². The molecular weight excluding hydrogens is 252 g/mol. The van der Waals surface area contributed by atoms with Gasteiger partial charge < -0.3 is 10.1 Å². The molecular formula is C12H26N2O3S. The molecule has 1 saturated heterocycles. The van der Waals surface area contributed by atoms with Crippen LogP contribution in [0.5, 0.6) is 0 Å². The van der Waals surface area contributed by atoms with Crippen molar-refractivity contribution in [2.75, 3.05) is 39.0 Å². The summed E-state index contributed by atoms with van der Waals surface area (Å²) in [5, 5.41) is 3.20. The Morgan fingerprint density at radius 2 is 2.17 bits per heavy atom. The smallest absolute Gasteiger partial charge is 0.214 e. The van der Waals surface area contributed by atoms with Crippen LogP contribution in [0, 0.1) is 0 Å². The van der Waals surface area contributed by atoms with Gasteiger partial charge in [-0.2, -0.15) is 4.31 Å².